The number of aliphatic hydroxyl groups is 1. The molecule has 0 radical (unpaired) electrons. The predicted octanol–water partition coefficient (Wildman–Crippen LogP) is 0.588. The Kier molecular flexibility index (Phi) is 2.43. The Balaban J connectivity index is 1.83. The van der Waals surface area contributed by atoms with Crippen molar-refractivity contribution in [2.75, 3.05) is 6.54 Å². The summed E-state index contributed by atoms with van der Waals surface area (Å²) in [5.41, 5.74) is 1.73. The van der Waals surface area contributed by atoms with Crippen molar-refractivity contribution in [1.29, 1.82) is 0 Å². The first kappa shape index (κ1) is 9.88. The van der Waals surface area contributed by atoms with E-state index in [-0.39, 0.29) is 12.1 Å². The predicted molar refractivity (Wildman–Crippen MR) is 56.8 cm³/mol. The number of hydrogen-bond donors (Lipinski definition) is 2. The number of β-amino-alcohol motifs (C(OH)–C–C–N with tert-alkyl or cyclic N) is 1. The quantitative estimate of drug-likeness (QED) is 0.796. The molecule has 3 heterocycles. The molecular formula is C9H10N4O2S. The zero-order chi connectivity index (χ0) is 11.0. The van der Waals surface area contributed by atoms with Gasteiger partial charge in [0.15, 0.2) is 0 Å². The second-order valence-electron chi connectivity index (χ2n) is 3.67. The topological polar surface area (TPSA) is 84.1 Å². The highest BCUT2D eigenvalue weighted by atomic mass is 32.1. The monoisotopic (exact) mass is 238 g/mol. The normalized spacial score (nSPS) is 25.1. The molecule has 2 aromatic heterocycles. The summed E-state index contributed by atoms with van der Waals surface area (Å²) < 4.78 is 5.16. The van der Waals surface area contributed by atoms with Crippen molar-refractivity contribution in [3.05, 3.63) is 17.6 Å². The van der Waals surface area contributed by atoms with Crippen LogP contribution in [0, 0.1) is 0 Å². The summed E-state index contributed by atoms with van der Waals surface area (Å²) in [6, 6.07) is -0.0378. The van der Waals surface area contributed by atoms with Gasteiger partial charge in [0.1, 0.15) is 0 Å². The first-order valence-corrected chi connectivity index (χ1v) is 5.85. The molecule has 0 aromatic carbocycles. The number of hydrogen-bond acceptors (Lipinski definition) is 7. The van der Waals surface area contributed by atoms with E-state index >= 15 is 0 Å². The van der Waals surface area contributed by atoms with Gasteiger partial charge in [0.05, 0.1) is 22.5 Å². The maximum absolute atomic E-state index is 9.39. The molecular weight excluding hydrogens is 228 g/mol. The van der Waals surface area contributed by atoms with Crippen LogP contribution in [-0.2, 0) is 0 Å². The highest BCUT2D eigenvalue weighted by Gasteiger charge is 2.28. The van der Waals surface area contributed by atoms with Gasteiger partial charge in [-0.3, -0.25) is 4.98 Å². The third kappa shape index (κ3) is 1.73. The van der Waals surface area contributed by atoms with E-state index < -0.39 is 0 Å². The number of thiazole rings is 1. The molecule has 2 atom stereocenters. The van der Waals surface area contributed by atoms with Crippen molar-refractivity contribution in [3.8, 4) is 10.7 Å². The molecule has 2 N–H and O–H groups in total. The lowest BCUT2D eigenvalue weighted by molar-refractivity contribution is 0.191. The van der Waals surface area contributed by atoms with Gasteiger partial charge < -0.3 is 14.9 Å². The van der Waals surface area contributed by atoms with Crippen molar-refractivity contribution < 1.29 is 9.63 Å². The minimum atomic E-state index is -0.330. The van der Waals surface area contributed by atoms with Crippen molar-refractivity contribution in [2.24, 2.45) is 0 Å². The van der Waals surface area contributed by atoms with Gasteiger partial charge in [-0.1, -0.05) is 5.16 Å². The van der Waals surface area contributed by atoms with Crippen molar-refractivity contribution >= 4 is 11.3 Å². The van der Waals surface area contributed by atoms with Crippen LogP contribution < -0.4 is 5.32 Å². The summed E-state index contributed by atoms with van der Waals surface area (Å²) in [6.45, 7) is 0.572. The smallest absolute Gasteiger partial charge is 0.244 e. The molecule has 0 amide bonds. The van der Waals surface area contributed by atoms with Gasteiger partial charge in [-0.15, -0.1) is 11.3 Å². The van der Waals surface area contributed by atoms with Gasteiger partial charge in [-0.05, 0) is 6.42 Å². The summed E-state index contributed by atoms with van der Waals surface area (Å²) >= 11 is 1.47. The standard InChI is InChI=1S/C9H10N4O2S/c14-5-1-6(11-2-5)9-12-8(13-15-9)7-3-10-4-16-7/h3-6,11,14H,1-2H2/t5-,6-/m0/s1. The van der Waals surface area contributed by atoms with Gasteiger partial charge >= 0.3 is 0 Å². The highest BCUT2D eigenvalue weighted by Crippen LogP contribution is 2.25. The molecule has 0 spiro atoms. The number of aliphatic hydroxyl groups excluding tert-OH is 1. The number of aromatic nitrogens is 3. The van der Waals surface area contributed by atoms with Gasteiger partial charge in [0.2, 0.25) is 11.7 Å². The maximum Gasteiger partial charge on any atom is 0.244 e. The van der Waals surface area contributed by atoms with Crippen LogP contribution in [0.2, 0.25) is 0 Å². The van der Waals surface area contributed by atoms with Crippen molar-refractivity contribution in [3.63, 3.8) is 0 Å². The summed E-state index contributed by atoms with van der Waals surface area (Å²) in [4.78, 5) is 9.13. The van der Waals surface area contributed by atoms with Gasteiger partial charge in [0, 0.05) is 12.7 Å². The first-order chi connectivity index (χ1) is 7.83. The molecule has 0 aliphatic carbocycles. The molecule has 0 unspecified atom stereocenters. The minimum Gasteiger partial charge on any atom is -0.392 e. The lowest BCUT2D eigenvalue weighted by Gasteiger charge is -2.01. The third-order valence-corrected chi connectivity index (χ3v) is 3.27. The van der Waals surface area contributed by atoms with E-state index in [0.29, 0.717) is 24.7 Å². The molecule has 1 aliphatic heterocycles. The lowest BCUT2D eigenvalue weighted by atomic mass is 10.2. The van der Waals surface area contributed by atoms with Gasteiger partial charge in [-0.25, -0.2) is 0 Å². The molecule has 3 rings (SSSR count). The van der Waals surface area contributed by atoms with Crippen LogP contribution in [0.4, 0.5) is 0 Å². The van der Waals surface area contributed by atoms with Crippen LogP contribution in [0.5, 0.6) is 0 Å². The van der Waals surface area contributed by atoms with Crippen LogP contribution in [0.3, 0.4) is 0 Å². The molecule has 16 heavy (non-hydrogen) atoms. The summed E-state index contributed by atoms with van der Waals surface area (Å²) in [7, 11) is 0. The fourth-order valence-corrected chi connectivity index (χ4v) is 2.25. The van der Waals surface area contributed by atoms with Gasteiger partial charge in [-0.2, -0.15) is 4.98 Å². The van der Waals surface area contributed by atoms with E-state index in [0.717, 1.165) is 4.88 Å². The van der Waals surface area contributed by atoms with Crippen molar-refractivity contribution in [2.45, 2.75) is 18.6 Å². The molecule has 1 fully saturated rings. The second-order valence-corrected chi connectivity index (χ2v) is 4.56. The Hall–Kier alpha value is -1.31. The van der Waals surface area contributed by atoms with Crippen LogP contribution in [0.15, 0.2) is 16.2 Å². The minimum absolute atomic E-state index is 0.0378. The molecule has 84 valence electrons. The molecule has 1 aliphatic rings. The van der Waals surface area contributed by atoms with Crippen molar-refractivity contribution in [1.82, 2.24) is 20.4 Å². The van der Waals surface area contributed by atoms with Crippen LogP contribution in [0.25, 0.3) is 10.7 Å². The van der Waals surface area contributed by atoms with E-state index in [2.05, 4.69) is 20.4 Å². The molecule has 0 saturated carbocycles. The molecule has 7 heteroatoms. The van der Waals surface area contributed by atoms with Crippen LogP contribution >= 0.6 is 11.3 Å². The zero-order valence-electron chi connectivity index (χ0n) is 8.33. The average Bonchev–Trinajstić information content (AvgIpc) is 2.97. The average molecular weight is 238 g/mol. The first-order valence-electron chi connectivity index (χ1n) is 4.97. The van der Waals surface area contributed by atoms with E-state index in [1.54, 1.807) is 11.7 Å². The summed E-state index contributed by atoms with van der Waals surface area (Å²) in [5.74, 6) is 1.08. The SMILES string of the molecule is O[C@@H]1CN[C@H](c2nc(-c3cncs3)no2)C1. The largest absolute Gasteiger partial charge is 0.392 e. The maximum atomic E-state index is 9.39. The van der Waals surface area contributed by atoms with Crippen LogP contribution in [-0.4, -0.2) is 32.9 Å². The second kappa shape index (κ2) is 3.93. The lowest BCUT2D eigenvalue weighted by Crippen LogP contribution is -2.15. The Morgan fingerprint density at radius 3 is 3.19 bits per heavy atom. The number of nitrogens with one attached hydrogen (secondary N) is 1. The van der Waals surface area contributed by atoms with Gasteiger partial charge in [0.25, 0.3) is 0 Å². The molecule has 6 nitrogen and oxygen atoms in total. The van der Waals surface area contributed by atoms with E-state index in [1.165, 1.54) is 11.3 Å². The summed E-state index contributed by atoms with van der Waals surface area (Å²) in [6.07, 6.45) is 1.99. The summed E-state index contributed by atoms with van der Waals surface area (Å²) in [5, 5.41) is 16.4. The Morgan fingerprint density at radius 2 is 2.50 bits per heavy atom. The number of rotatable bonds is 2. The Morgan fingerprint density at radius 1 is 1.56 bits per heavy atom. The molecule has 2 aromatic rings. The van der Waals surface area contributed by atoms with Crippen LogP contribution in [0.1, 0.15) is 18.4 Å². The third-order valence-electron chi connectivity index (χ3n) is 2.50. The highest BCUT2D eigenvalue weighted by molar-refractivity contribution is 7.13. The Bertz CT molecular complexity index is 470. The molecule has 1 saturated heterocycles. The fourth-order valence-electron chi connectivity index (χ4n) is 1.71. The van der Waals surface area contributed by atoms with E-state index in [4.69, 9.17) is 4.52 Å². The molecule has 0 bridgehead atoms. The van der Waals surface area contributed by atoms with E-state index in [1.807, 2.05) is 0 Å². The fraction of sp³-hybridized carbons (Fsp3) is 0.444. The van der Waals surface area contributed by atoms with E-state index in [9.17, 15) is 5.11 Å². The zero-order valence-corrected chi connectivity index (χ0v) is 9.15. The Labute approximate surface area is 95.3 Å². The number of nitrogens with zero attached hydrogens (tertiary/aromatic N) is 3.